The molecule has 3 aromatic rings. The number of fused-ring (bicyclic) bond motifs is 1. The maximum atomic E-state index is 12.7. The molecule has 2 aromatic carbocycles. The van der Waals surface area contributed by atoms with Gasteiger partial charge in [0.15, 0.2) is 4.80 Å². The summed E-state index contributed by atoms with van der Waals surface area (Å²) in [6.45, 7) is 11.4. The Labute approximate surface area is 169 Å². The van der Waals surface area contributed by atoms with Crippen LogP contribution in [0.25, 0.3) is 10.2 Å². The lowest BCUT2D eigenvalue weighted by Crippen LogP contribution is -2.16. The monoisotopic (exact) mass is 394 g/mol. The smallest absolute Gasteiger partial charge is 0.279 e. The summed E-state index contributed by atoms with van der Waals surface area (Å²) in [6, 6.07) is 11.5. The Morgan fingerprint density at radius 3 is 2.68 bits per heavy atom. The molecule has 146 valence electrons. The average molecular weight is 395 g/mol. The minimum atomic E-state index is -0.251. The van der Waals surface area contributed by atoms with Crippen LogP contribution in [-0.4, -0.2) is 17.1 Å². The zero-order valence-electron chi connectivity index (χ0n) is 16.7. The highest BCUT2D eigenvalue weighted by molar-refractivity contribution is 7.16. The van der Waals surface area contributed by atoms with Crippen molar-refractivity contribution in [2.24, 2.45) is 4.99 Å². The van der Waals surface area contributed by atoms with E-state index in [0.29, 0.717) is 23.5 Å². The third kappa shape index (κ3) is 4.42. The summed E-state index contributed by atoms with van der Waals surface area (Å²) in [5.74, 6) is 0.526. The topological polar surface area (TPSA) is 43.6 Å². The van der Waals surface area contributed by atoms with E-state index in [2.05, 4.69) is 49.0 Å². The molecular weight excluding hydrogens is 368 g/mol. The Morgan fingerprint density at radius 1 is 1.25 bits per heavy atom. The lowest BCUT2D eigenvalue weighted by atomic mass is 10.1. The van der Waals surface area contributed by atoms with Crippen molar-refractivity contribution < 1.29 is 9.53 Å². The molecule has 1 amide bonds. The fraction of sp³-hybridized carbons (Fsp3) is 0.304. The largest absolute Gasteiger partial charge is 0.494 e. The van der Waals surface area contributed by atoms with Gasteiger partial charge in [0.05, 0.1) is 16.8 Å². The summed E-state index contributed by atoms with van der Waals surface area (Å²) in [5.41, 5.74) is 4.05. The molecule has 1 aromatic heterocycles. The number of carbonyl (C=O) groups excluding carboxylic acids is 1. The Balaban J connectivity index is 1.95. The molecule has 28 heavy (non-hydrogen) atoms. The van der Waals surface area contributed by atoms with Crippen molar-refractivity contribution in [3.63, 3.8) is 0 Å². The average Bonchev–Trinajstić information content (AvgIpc) is 3.00. The van der Waals surface area contributed by atoms with E-state index in [1.165, 1.54) is 22.5 Å². The maximum absolute atomic E-state index is 12.7. The second kappa shape index (κ2) is 9.02. The predicted molar refractivity (Wildman–Crippen MR) is 116 cm³/mol. The highest BCUT2D eigenvalue weighted by Gasteiger charge is 2.11. The first-order chi connectivity index (χ1) is 13.5. The normalized spacial score (nSPS) is 11.8. The summed E-state index contributed by atoms with van der Waals surface area (Å²) in [4.78, 5) is 17.8. The molecule has 0 aliphatic heterocycles. The maximum Gasteiger partial charge on any atom is 0.279 e. The fourth-order valence-electron chi connectivity index (χ4n) is 3.15. The molecule has 0 fully saturated rings. The number of hydrogen-bond donors (Lipinski definition) is 0. The number of unbranched alkanes of at least 4 members (excludes halogenated alkanes) is 1. The molecule has 0 radical (unpaired) electrons. The van der Waals surface area contributed by atoms with Gasteiger partial charge in [-0.3, -0.25) is 4.79 Å². The number of aromatic nitrogens is 1. The van der Waals surface area contributed by atoms with Crippen molar-refractivity contribution in [1.29, 1.82) is 0 Å². The number of hydrogen-bond acceptors (Lipinski definition) is 3. The standard InChI is InChI=1S/C23H26N2O2S/c1-5-7-13-27-19-10-8-18(9-11-19)22(26)24-23-25(12-6-2)21-17(4)14-16(3)15-20(21)28-23/h6,8-11,14-15H,2,5,7,12-13H2,1,3-4H3. The molecule has 0 aliphatic rings. The molecule has 0 saturated carbocycles. The van der Waals surface area contributed by atoms with Crippen LogP contribution in [0.2, 0.25) is 0 Å². The van der Waals surface area contributed by atoms with E-state index < -0.39 is 0 Å². The van der Waals surface area contributed by atoms with Crippen LogP contribution in [0, 0.1) is 13.8 Å². The van der Waals surface area contributed by atoms with E-state index in [-0.39, 0.29) is 5.91 Å². The zero-order chi connectivity index (χ0) is 20.1. The van der Waals surface area contributed by atoms with Gasteiger partial charge in [0.2, 0.25) is 0 Å². The summed E-state index contributed by atoms with van der Waals surface area (Å²) in [7, 11) is 0. The third-order valence-corrected chi connectivity index (χ3v) is 5.51. The lowest BCUT2D eigenvalue weighted by molar-refractivity contribution is 0.0998. The van der Waals surface area contributed by atoms with Crippen molar-refractivity contribution in [3.05, 3.63) is 70.5 Å². The summed E-state index contributed by atoms with van der Waals surface area (Å²) >= 11 is 1.53. The molecule has 1 heterocycles. The molecule has 0 unspecified atom stereocenters. The minimum absolute atomic E-state index is 0.251. The third-order valence-electron chi connectivity index (χ3n) is 4.49. The van der Waals surface area contributed by atoms with Crippen LogP contribution < -0.4 is 9.54 Å². The number of ether oxygens (including phenoxy) is 1. The van der Waals surface area contributed by atoms with Crippen LogP contribution in [0.1, 0.15) is 41.3 Å². The molecule has 3 rings (SSSR count). The van der Waals surface area contributed by atoms with Crippen LogP contribution in [-0.2, 0) is 6.54 Å². The second-order valence-electron chi connectivity index (χ2n) is 6.86. The molecule has 4 nitrogen and oxygen atoms in total. The number of aryl methyl sites for hydroxylation is 2. The van der Waals surface area contributed by atoms with Crippen molar-refractivity contribution in [2.45, 2.75) is 40.2 Å². The lowest BCUT2D eigenvalue weighted by Gasteiger charge is -2.06. The second-order valence-corrected chi connectivity index (χ2v) is 7.86. The molecular formula is C23H26N2O2S. The number of allylic oxidation sites excluding steroid dienone is 1. The van der Waals surface area contributed by atoms with Gasteiger partial charge in [-0.15, -0.1) is 6.58 Å². The number of rotatable bonds is 7. The molecule has 0 saturated heterocycles. The Hall–Kier alpha value is -2.66. The van der Waals surface area contributed by atoms with Crippen molar-refractivity contribution in [2.75, 3.05) is 6.61 Å². The first-order valence-corrected chi connectivity index (χ1v) is 10.4. The number of carbonyl (C=O) groups is 1. The van der Waals surface area contributed by atoms with Crippen molar-refractivity contribution >= 4 is 27.5 Å². The van der Waals surface area contributed by atoms with Gasteiger partial charge in [-0.05, 0) is 61.7 Å². The van der Waals surface area contributed by atoms with Gasteiger partial charge in [-0.25, -0.2) is 0 Å². The van der Waals surface area contributed by atoms with E-state index in [0.717, 1.165) is 28.8 Å². The molecule has 0 bridgehead atoms. The number of nitrogens with zero attached hydrogens (tertiary/aromatic N) is 2. The summed E-state index contributed by atoms with van der Waals surface area (Å²) < 4.78 is 8.85. The van der Waals surface area contributed by atoms with Gasteiger partial charge in [0, 0.05) is 12.1 Å². The zero-order valence-corrected chi connectivity index (χ0v) is 17.5. The van der Waals surface area contributed by atoms with Crippen molar-refractivity contribution in [1.82, 2.24) is 4.57 Å². The minimum Gasteiger partial charge on any atom is -0.494 e. The van der Waals surface area contributed by atoms with E-state index in [1.54, 1.807) is 12.1 Å². The number of thiazole rings is 1. The molecule has 0 atom stereocenters. The van der Waals surface area contributed by atoms with Gasteiger partial charge in [-0.2, -0.15) is 4.99 Å². The van der Waals surface area contributed by atoms with E-state index in [1.807, 2.05) is 18.2 Å². The SMILES string of the molecule is C=CCn1c(=NC(=O)c2ccc(OCCCC)cc2)sc2cc(C)cc(C)c21. The van der Waals surface area contributed by atoms with Crippen LogP contribution in [0.4, 0.5) is 0 Å². The summed E-state index contributed by atoms with van der Waals surface area (Å²) in [6.07, 6.45) is 3.94. The Morgan fingerprint density at radius 2 is 2.00 bits per heavy atom. The molecule has 0 aliphatic carbocycles. The number of benzene rings is 2. The Bertz CT molecular complexity index is 1060. The van der Waals surface area contributed by atoms with Gasteiger partial charge in [-0.1, -0.05) is 36.8 Å². The van der Waals surface area contributed by atoms with E-state index in [9.17, 15) is 4.79 Å². The summed E-state index contributed by atoms with van der Waals surface area (Å²) in [5, 5.41) is 0. The van der Waals surface area contributed by atoms with Gasteiger partial charge >= 0.3 is 0 Å². The highest BCUT2D eigenvalue weighted by Crippen LogP contribution is 2.23. The van der Waals surface area contributed by atoms with Crippen LogP contribution in [0.3, 0.4) is 0 Å². The first kappa shape index (κ1) is 20.1. The van der Waals surface area contributed by atoms with Crippen LogP contribution >= 0.6 is 11.3 Å². The molecule has 0 N–H and O–H groups in total. The highest BCUT2D eigenvalue weighted by atomic mass is 32.1. The van der Waals surface area contributed by atoms with Gasteiger partial charge < -0.3 is 9.30 Å². The van der Waals surface area contributed by atoms with Gasteiger partial charge in [0.1, 0.15) is 5.75 Å². The molecule has 0 spiro atoms. The van der Waals surface area contributed by atoms with Crippen LogP contribution in [0.5, 0.6) is 5.75 Å². The number of amides is 1. The molecule has 5 heteroatoms. The first-order valence-electron chi connectivity index (χ1n) is 9.57. The Kier molecular flexibility index (Phi) is 6.47. The van der Waals surface area contributed by atoms with Crippen molar-refractivity contribution in [3.8, 4) is 5.75 Å². The fourth-order valence-corrected chi connectivity index (χ4v) is 4.37. The van der Waals surface area contributed by atoms with E-state index in [4.69, 9.17) is 4.74 Å². The van der Waals surface area contributed by atoms with Gasteiger partial charge in [0.25, 0.3) is 5.91 Å². The quantitative estimate of drug-likeness (QED) is 0.396. The predicted octanol–water partition coefficient (Wildman–Crippen LogP) is 5.43. The van der Waals surface area contributed by atoms with Crippen LogP contribution in [0.15, 0.2) is 54.0 Å². The van der Waals surface area contributed by atoms with E-state index >= 15 is 0 Å².